The van der Waals surface area contributed by atoms with Gasteiger partial charge in [-0.25, -0.2) is 4.98 Å². The van der Waals surface area contributed by atoms with Gasteiger partial charge in [0.15, 0.2) is 11.7 Å². The molecule has 0 radical (unpaired) electrons. The first-order valence-electron chi connectivity index (χ1n) is 5.91. The van der Waals surface area contributed by atoms with Crippen LogP contribution in [0.15, 0.2) is 34.9 Å². The van der Waals surface area contributed by atoms with E-state index in [9.17, 15) is 4.79 Å². The van der Waals surface area contributed by atoms with Crippen LogP contribution >= 0.6 is 0 Å². The van der Waals surface area contributed by atoms with Crippen LogP contribution in [0.5, 0.6) is 0 Å². The van der Waals surface area contributed by atoms with Crippen molar-refractivity contribution in [2.45, 2.75) is 19.8 Å². The van der Waals surface area contributed by atoms with Crippen LogP contribution in [-0.2, 0) is 11.2 Å². The van der Waals surface area contributed by atoms with E-state index in [0.717, 1.165) is 11.3 Å². The number of rotatable bonds is 4. The van der Waals surface area contributed by atoms with E-state index in [4.69, 9.17) is 4.42 Å². The summed E-state index contributed by atoms with van der Waals surface area (Å²) in [5, 5.41) is 2.57. The molecule has 0 fully saturated rings. The van der Waals surface area contributed by atoms with Crippen LogP contribution in [0.3, 0.4) is 0 Å². The fourth-order valence-corrected chi connectivity index (χ4v) is 1.62. The summed E-state index contributed by atoms with van der Waals surface area (Å²) in [7, 11) is 1.62. The first-order chi connectivity index (χ1) is 8.69. The van der Waals surface area contributed by atoms with E-state index in [2.05, 4.69) is 10.3 Å². The number of aromatic nitrogens is 1. The van der Waals surface area contributed by atoms with Crippen LogP contribution in [-0.4, -0.2) is 17.9 Å². The van der Waals surface area contributed by atoms with Crippen molar-refractivity contribution in [1.82, 2.24) is 10.3 Å². The molecule has 18 heavy (non-hydrogen) atoms. The maximum Gasteiger partial charge on any atom is 0.220 e. The molecule has 2 rings (SSSR count). The highest BCUT2D eigenvalue weighted by Crippen LogP contribution is 2.21. The van der Waals surface area contributed by atoms with Gasteiger partial charge in [-0.3, -0.25) is 4.79 Å². The molecule has 0 aliphatic carbocycles. The molecule has 0 aliphatic rings. The van der Waals surface area contributed by atoms with Crippen molar-refractivity contribution in [1.29, 1.82) is 0 Å². The number of carbonyl (C=O) groups is 1. The molecule has 1 aromatic carbocycles. The number of nitrogens with one attached hydrogen (secondary N) is 1. The molecule has 1 aromatic heterocycles. The minimum absolute atomic E-state index is 0.00918. The summed E-state index contributed by atoms with van der Waals surface area (Å²) in [4.78, 5) is 15.3. The molecule has 0 aliphatic heterocycles. The van der Waals surface area contributed by atoms with Crippen molar-refractivity contribution in [3.05, 3.63) is 41.9 Å². The Kier molecular flexibility index (Phi) is 3.77. The molecule has 2 aromatic rings. The Hall–Kier alpha value is -2.10. The molecule has 0 saturated heterocycles. The van der Waals surface area contributed by atoms with Gasteiger partial charge in [0, 0.05) is 25.5 Å². The molecule has 0 saturated carbocycles. The number of nitrogens with zero attached hydrogens (tertiary/aromatic N) is 1. The summed E-state index contributed by atoms with van der Waals surface area (Å²) in [6.45, 7) is 2.04. The normalized spacial score (nSPS) is 10.3. The lowest BCUT2D eigenvalue weighted by molar-refractivity contribution is -0.120. The fourth-order valence-electron chi connectivity index (χ4n) is 1.62. The lowest BCUT2D eigenvalue weighted by Gasteiger charge is -1.98. The fraction of sp³-hybridized carbons (Fsp3) is 0.286. The van der Waals surface area contributed by atoms with Gasteiger partial charge in [-0.2, -0.15) is 0 Å². The molecule has 94 valence electrons. The lowest BCUT2D eigenvalue weighted by Crippen LogP contribution is -2.17. The van der Waals surface area contributed by atoms with E-state index in [1.165, 1.54) is 5.56 Å². The highest BCUT2D eigenvalue weighted by molar-refractivity contribution is 5.75. The molecule has 0 unspecified atom stereocenters. The van der Waals surface area contributed by atoms with E-state index in [-0.39, 0.29) is 5.91 Å². The number of hydrogen-bond acceptors (Lipinski definition) is 3. The van der Waals surface area contributed by atoms with Crippen molar-refractivity contribution in [2.75, 3.05) is 7.05 Å². The molecule has 4 heteroatoms. The number of amides is 1. The summed E-state index contributed by atoms with van der Waals surface area (Å²) < 4.78 is 5.61. The van der Waals surface area contributed by atoms with Gasteiger partial charge >= 0.3 is 0 Å². The van der Waals surface area contributed by atoms with Gasteiger partial charge in [-0.1, -0.05) is 29.8 Å². The monoisotopic (exact) mass is 244 g/mol. The Labute approximate surface area is 106 Å². The summed E-state index contributed by atoms with van der Waals surface area (Å²) in [5.74, 6) is 1.32. The van der Waals surface area contributed by atoms with Gasteiger partial charge in [-0.05, 0) is 6.92 Å². The predicted octanol–water partition coefficient (Wildman–Crippen LogP) is 2.33. The smallest absolute Gasteiger partial charge is 0.220 e. The van der Waals surface area contributed by atoms with Crippen LogP contribution in [0.25, 0.3) is 11.3 Å². The van der Waals surface area contributed by atoms with E-state index in [1.54, 1.807) is 13.2 Å². The van der Waals surface area contributed by atoms with Crippen LogP contribution in [0.4, 0.5) is 0 Å². The second-order valence-electron chi connectivity index (χ2n) is 4.16. The third kappa shape index (κ3) is 2.97. The molecule has 1 heterocycles. The SMILES string of the molecule is CNC(=O)CCc1ncc(-c2ccc(C)cc2)o1. The first kappa shape index (κ1) is 12.4. The van der Waals surface area contributed by atoms with Crippen molar-refractivity contribution < 1.29 is 9.21 Å². The Morgan fingerprint density at radius 3 is 2.72 bits per heavy atom. The number of benzene rings is 1. The maximum absolute atomic E-state index is 11.1. The molecular weight excluding hydrogens is 228 g/mol. The second kappa shape index (κ2) is 5.49. The molecule has 1 N–H and O–H groups in total. The lowest BCUT2D eigenvalue weighted by atomic mass is 10.1. The minimum atomic E-state index is -0.00918. The Bertz CT molecular complexity index is 529. The predicted molar refractivity (Wildman–Crippen MR) is 69.1 cm³/mol. The van der Waals surface area contributed by atoms with Gasteiger partial charge in [0.1, 0.15) is 0 Å². The highest BCUT2D eigenvalue weighted by Gasteiger charge is 2.07. The van der Waals surface area contributed by atoms with Gasteiger partial charge < -0.3 is 9.73 Å². The molecule has 4 nitrogen and oxygen atoms in total. The van der Waals surface area contributed by atoms with Crippen molar-refractivity contribution in [3.63, 3.8) is 0 Å². The largest absolute Gasteiger partial charge is 0.441 e. The molecule has 1 amide bonds. The molecule has 0 atom stereocenters. The third-order valence-corrected chi connectivity index (χ3v) is 2.73. The molecule has 0 bridgehead atoms. The zero-order valence-electron chi connectivity index (χ0n) is 10.6. The number of oxazole rings is 1. The third-order valence-electron chi connectivity index (χ3n) is 2.73. The molecule has 0 spiro atoms. The summed E-state index contributed by atoms with van der Waals surface area (Å²) in [6, 6.07) is 8.06. The first-order valence-corrected chi connectivity index (χ1v) is 5.91. The quantitative estimate of drug-likeness (QED) is 0.898. The van der Waals surface area contributed by atoms with Crippen LogP contribution in [0.2, 0.25) is 0 Å². The summed E-state index contributed by atoms with van der Waals surface area (Å²) >= 11 is 0. The maximum atomic E-state index is 11.1. The zero-order valence-corrected chi connectivity index (χ0v) is 10.6. The average Bonchev–Trinajstić information content (AvgIpc) is 2.85. The number of hydrogen-bond donors (Lipinski definition) is 1. The van der Waals surface area contributed by atoms with Crippen molar-refractivity contribution in [2.24, 2.45) is 0 Å². The standard InChI is InChI=1S/C14H16N2O2/c1-10-3-5-11(6-4-10)12-9-16-14(18-12)8-7-13(17)15-2/h3-6,9H,7-8H2,1-2H3,(H,15,17). The molecular formula is C14H16N2O2. The van der Waals surface area contributed by atoms with Gasteiger partial charge in [0.25, 0.3) is 0 Å². The minimum Gasteiger partial charge on any atom is -0.441 e. The number of carbonyl (C=O) groups excluding carboxylic acids is 1. The van der Waals surface area contributed by atoms with Crippen molar-refractivity contribution >= 4 is 5.91 Å². The highest BCUT2D eigenvalue weighted by atomic mass is 16.4. The van der Waals surface area contributed by atoms with Crippen LogP contribution < -0.4 is 5.32 Å². The van der Waals surface area contributed by atoms with E-state index in [0.29, 0.717) is 18.7 Å². The average molecular weight is 244 g/mol. The van der Waals surface area contributed by atoms with Gasteiger partial charge in [0.05, 0.1) is 6.20 Å². The Morgan fingerprint density at radius 2 is 2.06 bits per heavy atom. The Balaban J connectivity index is 2.06. The zero-order chi connectivity index (χ0) is 13.0. The summed E-state index contributed by atoms with van der Waals surface area (Å²) in [5.41, 5.74) is 2.21. The van der Waals surface area contributed by atoms with E-state index in [1.807, 2.05) is 31.2 Å². The van der Waals surface area contributed by atoms with E-state index < -0.39 is 0 Å². The topological polar surface area (TPSA) is 55.1 Å². The number of aryl methyl sites for hydroxylation is 2. The van der Waals surface area contributed by atoms with Crippen LogP contribution in [0, 0.1) is 6.92 Å². The van der Waals surface area contributed by atoms with Crippen molar-refractivity contribution in [3.8, 4) is 11.3 Å². The second-order valence-corrected chi connectivity index (χ2v) is 4.16. The Morgan fingerprint density at radius 1 is 1.33 bits per heavy atom. The summed E-state index contributed by atoms with van der Waals surface area (Å²) in [6.07, 6.45) is 2.61. The van der Waals surface area contributed by atoms with Crippen LogP contribution in [0.1, 0.15) is 17.9 Å². The van der Waals surface area contributed by atoms with Gasteiger partial charge in [0.2, 0.25) is 5.91 Å². The van der Waals surface area contributed by atoms with Gasteiger partial charge in [-0.15, -0.1) is 0 Å². The van der Waals surface area contributed by atoms with E-state index >= 15 is 0 Å².